The first kappa shape index (κ1) is 20.8. The minimum Gasteiger partial charge on any atom is -0.481 e. The van der Waals surface area contributed by atoms with Gasteiger partial charge in [0.05, 0.1) is 28.4 Å². The van der Waals surface area contributed by atoms with Crippen LogP contribution < -0.4 is 15.4 Å². The second-order valence-electron chi connectivity index (χ2n) is 7.93. The zero-order chi connectivity index (χ0) is 22.5. The second kappa shape index (κ2) is 7.35. The summed E-state index contributed by atoms with van der Waals surface area (Å²) in [5, 5.41) is 18.0. The van der Waals surface area contributed by atoms with Gasteiger partial charge in [-0.1, -0.05) is 18.2 Å². The van der Waals surface area contributed by atoms with E-state index in [-0.39, 0.29) is 11.6 Å². The highest BCUT2D eigenvalue weighted by Crippen LogP contribution is 2.47. The molecule has 0 atom stereocenters. The Morgan fingerprint density at radius 3 is 2.61 bits per heavy atom. The Hall–Kier alpha value is -3.46. The number of rotatable bonds is 3. The Bertz CT molecular complexity index is 1170. The summed E-state index contributed by atoms with van der Waals surface area (Å²) >= 11 is 5.34. The maximum absolute atomic E-state index is 13.4. The fourth-order valence-corrected chi connectivity index (χ4v) is 4.18. The van der Waals surface area contributed by atoms with Crippen LogP contribution in [0, 0.1) is 17.0 Å². The molecule has 2 aliphatic rings. The number of hydrogen-bond donors (Lipinski definition) is 2. The van der Waals surface area contributed by atoms with Crippen molar-refractivity contribution in [2.75, 3.05) is 7.05 Å². The number of hydrogen-bond acceptors (Lipinski definition) is 5. The molecule has 2 aromatic rings. The Balaban J connectivity index is 2.01. The number of benzene rings is 2. The molecule has 2 heterocycles. The van der Waals surface area contributed by atoms with E-state index < -0.39 is 10.5 Å². The molecule has 0 aromatic heterocycles. The van der Waals surface area contributed by atoms with Crippen LogP contribution in [0.1, 0.15) is 40.9 Å². The lowest BCUT2D eigenvalue weighted by molar-refractivity contribution is -0.385. The molecule has 160 valence electrons. The van der Waals surface area contributed by atoms with Gasteiger partial charge in [0.15, 0.2) is 5.11 Å². The average Bonchev–Trinajstić information content (AvgIpc) is 3.05. The van der Waals surface area contributed by atoms with Gasteiger partial charge in [-0.15, -0.1) is 0 Å². The van der Waals surface area contributed by atoms with Gasteiger partial charge in [-0.2, -0.15) is 0 Å². The van der Waals surface area contributed by atoms with E-state index in [0.29, 0.717) is 45.5 Å². The molecule has 2 aromatic carbocycles. The van der Waals surface area contributed by atoms with Crippen molar-refractivity contribution in [2.24, 2.45) is 0 Å². The molecule has 9 heteroatoms. The number of carbonyl (C=O) groups excluding carboxylic acids is 1. The van der Waals surface area contributed by atoms with E-state index in [2.05, 4.69) is 10.6 Å². The number of amides is 1. The smallest absolute Gasteiger partial charge is 0.273 e. The predicted molar refractivity (Wildman–Crippen MR) is 121 cm³/mol. The van der Waals surface area contributed by atoms with Gasteiger partial charge in [0.2, 0.25) is 0 Å². The van der Waals surface area contributed by atoms with Gasteiger partial charge in [-0.05, 0) is 50.7 Å². The minimum absolute atomic E-state index is 0.0424. The van der Waals surface area contributed by atoms with Crippen LogP contribution in [0.2, 0.25) is 0 Å². The summed E-state index contributed by atoms with van der Waals surface area (Å²) in [5.41, 5.74) is 2.61. The number of nitro benzene ring substituents is 1. The molecule has 0 unspecified atom stereocenters. The highest BCUT2D eigenvalue weighted by Gasteiger charge is 2.43. The van der Waals surface area contributed by atoms with Gasteiger partial charge < -0.3 is 20.3 Å². The van der Waals surface area contributed by atoms with E-state index >= 15 is 0 Å². The van der Waals surface area contributed by atoms with E-state index in [4.69, 9.17) is 17.0 Å². The number of carbonyl (C=O) groups is 1. The molecule has 0 aliphatic carbocycles. The summed E-state index contributed by atoms with van der Waals surface area (Å²) < 4.78 is 6.23. The van der Waals surface area contributed by atoms with E-state index in [0.717, 1.165) is 5.56 Å². The third-order valence-electron chi connectivity index (χ3n) is 5.59. The van der Waals surface area contributed by atoms with Crippen molar-refractivity contribution in [3.8, 4) is 5.75 Å². The summed E-state index contributed by atoms with van der Waals surface area (Å²) in [6, 6.07) is 10.4. The maximum Gasteiger partial charge on any atom is 0.273 e. The van der Waals surface area contributed by atoms with Crippen molar-refractivity contribution >= 4 is 34.6 Å². The largest absolute Gasteiger partial charge is 0.481 e. The van der Waals surface area contributed by atoms with Gasteiger partial charge >= 0.3 is 0 Å². The van der Waals surface area contributed by atoms with Crippen LogP contribution in [0.5, 0.6) is 5.75 Å². The molecular weight excluding hydrogens is 416 g/mol. The van der Waals surface area contributed by atoms with Gasteiger partial charge in [-0.3, -0.25) is 14.9 Å². The Kier molecular flexibility index (Phi) is 4.93. The third kappa shape index (κ3) is 3.31. The number of nitrogens with zero attached hydrogens (tertiary/aromatic N) is 2. The van der Waals surface area contributed by atoms with Crippen LogP contribution >= 0.6 is 12.2 Å². The summed E-state index contributed by atoms with van der Waals surface area (Å²) in [4.78, 5) is 26.2. The van der Waals surface area contributed by atoms with Crippen LogP contribution in [0.15, 0.2) is 42.1 Å². The molecule has 31 heavy (non-hydrogen) atoms. The van der Waals surface area contributed by atoms with Crippen molar-refractivity contribution in [3.05, 3.63) is 74.5 Å². The van der Waals surface area contributed by atoms with Crippen molar-refractivity contribution in [2.45, 2.75) is 32.9 Å². The monoisotopic (exact) mass is 438 g/mol. The van der Waals surface area contributed by atoms with E-state index in [1.54, 1.807) is 31.0 Å². The summed E-state index contributed by atoms with van der Waals surface area (Å²) in [7, 11) is 1.69. The van der Waals surface area contributed by atoms with Crippen molar-refractivity contribution in [1.82, 2.24) is 15.5 Å². The lowest BCUT2D eigenvalue weighted by Gasteiger charge is -2.40. The SMILES string of the molecule is CNC(=S)NC1=C(N2Cc3ccccc3C2=O)c2c(ccc([N+](=O)[O-])c2C)OC1(C)C. The topological polar surface area (TPSA) is 96.7 Å². The Labute approximate surface area is 185 Å². The minimum atomic E-state index is -0.874. The summed E-state index contributed by atoms with van der Waals surface area (Å²) in [6.45, 7) is 5.74. The van der Waals surface area contributed by atoms with E-state index in [9.17, 15) is 14.9 Å². The first-order valence-corrected chi connectivity index (χ1v) is 10.2. The molecular formula is C22H22N4O4S. The molecule has 0 saturated heterocycles. The summed E-state index contributed by atoms with van der Waals surface area (Å²) in [5.74, 6) is 0.308. The molecule has 2 N–H and O–H groups in total. The van der Waals surface area contributed by atoms with Crippen LogP contribution in [0.3, 0.4) is 0 Å². The normalized spacial score (nSPS) is 16.4. The number of thiocarbonyl (C=S) groups is 1. The van der Waals surface area contributed by atoms with Crippen LogP contribution in [-0.4, -0.2) is 33.5 Å². The lowest BCUT2D eigenvalue weighted by atomic mass is 9.91. The van der Waals surface area contributed by atoms with Crippen LogP contribution in [-0.2, 0) is 6.54 Å². The molecule has 8 nitrogen and oxygen atoms in total. The number of nitrogens with one attached hydrogen (secondary N) is 2. The number of fused-ring (bicyclic) bond motifs is 2. The molecule has 4 rings (SSSR count). The standard InChI is InChI=1S/C22H22N4O4S/c1-12-15(26(28)29)9-10-16-17(12)18(19(22(2,3)30-16)24-21(31)23-4)25-11-13-7-5-6-8-14(13)20(25)27/h5-10H,11H2,1-4H3,(H2,23,24,31). The van der Waals surface area contributed by atoms with E-state index in [1.165, 1.54) is 6.07 Å². The highest BCUT2D eigenvalue weighted by atomic mass is 32.1. The molecule has 1 amide bonds. The van der Waals surface area contributed by atoms with Crippen LogP contribution in [0.4, 0.5) is 5.69 Å². The quantitative estimate of drug-likeness (QED) is 0.430. The van der Waals surface area contributed by atoms with Crippen LogP contribution in [0.25, 0.3) is 5.70 Å². The zero-order valence-corrected chi connectivity index (χ0v) is 18.4. The molecule has 0 fully saturated rings. The molecule has 0 radical (unpaired) electrons. The molecule has 0 spiro atoms. The maximum atomic E-state index is 13.4. The first-order chi connectivity index (χ1) is 14.7. The lowest BCUT2D eigenvalue weighted by Crippen LogP contribution is -2.47. The molecule has 0 saturated carbocycles. The number of nitro groups is 1. The fourth-order valence-electron chi connectivity index (χ4n) is 4.08. The highest BCUT2D eigenvalue weighted by molar-refractivity contribution is 7.80. The average molecular weight is 439 g/mol. The van der Waals surface area contributed by atoms with Gasteiger partial charge in [0.25, 0.3) is 11.6 Å². The van der Waals surface area contributed by atoms with Gasteiger partial charge in [0, 0.05) is 24.2 Å². The molecule has 2 aliphatic heterocycles. The Morgan fingerprint density at radius 1 is 1.26 bits per heavy atom. The van der Waals surface area contributed by atoms with Crippen molar-refractivity contribution in [3.63, 3.8) is 0 Å². The van der Waals surface area contributed by atoms with E-state index in [1.807, 2.05) is 32.0 Å². The fraction of sp³-hybridized carbons (Fsp3) is 0.273. The summed E-state index contributed by atoms with van der Waals surface area (Å²) in [6.07, 6.45) is 0. The van der Waals surface area contributed by atoms with Crippen molar-refractivity contribution in [1.29, 1.82) is 0 Å². The number of ether oxygens (including phenoxy) is 1. The predicted octanol–water partition coefficient (Wildman–Crippen LogP) is 3.49. The van der Waals surface area contributed by atoms with Crippen molar-refractivity contribution < 1.29 is 14.5 Å². The zero-order valence-electron chi connectivity index (χ0n) is 17.6. The Morgan fingerprint density at radius 2 is 1.97 bits per heavy atom. The third-order valence-corrected chi connectivity index (χ3v) is 5.90. The molecule has 0 bridgehead atoms. The van der Waals surface area contributed by atoms with Gasteiger partial charge in [-0.25, -0.2) is 0 Å². The first-order valence-electron chi connectivity index (χ1n) is 9.76. The van der Waals surface area contributed by atoms with Gasteiger partial charge in [0.1, 0.15) is 11.4 Å². The second-order valence-corrected chi connectivity index (χ2v) is 8.34.